The van der Waals surface area contributed by atoms with Gasteiger partial charge in [-0.2, -0.15) is 0 Å². The van der Waals surface area contributed by atoms with E-state index in [0.717, 1.165) is 22.6 Å². The predicted octanol–water partition coefficient (Wildman–Crippen LogP) is 3.08. The van der Waals surface area contributed by atoms with E-state index >= 15 is 0 Å². The summed E-state index contributed by atoms with van der Waals surface area (Å²) in [6, 6.07) is 15.6. The maximum Gasteiger partial charge on any atom is 0.125 e. The van der Waals surface area contributed by atoms with E-state index in [1.54, 1.807) is 0 Å². The van der Waals surface area contributed by atoms with Crippen molar-refractivity contribution in [3.63, 3.8) is 0 Å². The largest absolute Gasteiger partial charge is 0.493 e. The third-order valence-electron chi connectivity index (χ3n) is 3.24. The van der Waals surface area contributed by atoms with Crippen molar-refractivity contribution < 1.29 is 14.6 Å². The van der Waals surface area contributed by atoms with Crippen molar-refractivity contribution >= 4 is 0 Å². The number of rotatable bonds is 3. The van der Waals surface area contributed by atoms with Crippen LogP contribution in [0.15, 0.2) is 48.5 Å². The van der Waals surface area contributed by atoms with Gasteiger partial charge in [0.2, 0.25) is 0 Å². The third kappa shape index (κ3) is 2.71. The second kappa shape index (κ2) is 5.33. The standard InChI is InChI=1S/C16H16O3/c17-15-8-9-18-16-7-6-13(10-14(15)16)19-11-12-4-2-1-3-5-12/h1-7,10,15,17H,8-9,11H2. The molecule has 19 heavy (non-hydrogen) atoms. The highest BCUT2D eigenvalue weighted by atomic mass is 16.5. The summed E-state index contributed by atoms with van der Waals surface area (Å²) in [5.41, 5.74) is 1.94. The number of benzene rings is 2. The third-order valence-corrected chi connectivity index (χ3v) is 3.24. The maximum absolute atomic E-state index is 9.94. The zero-order valence-corrected chi connectivity index (χ0v) is 10.6. The van der Waals surface area contributed by atoms with Crippen molar-refractivity contribution in [1.82, 2.24) is 0 Å². The van der Waals surface area contributed by atoms with E-state index in [9.17, 15) is 5.11 Å². The Bertz CT molecular complexity index is 551. The minimum atomic E-state index is -0.455. The summed E-state index contributed by atoms with van der Waals surface area (Å²) in [4.78, 5) is 0. The van der Waals surface area contributed by atoms with Gasteiger partial charge >= 0.3 is 0 Å². The van der Waals surface area contributed by atoms with Crippen LogP contribution < -0.4 is 9.47 Å². The lowest BCUT2D eigenvalue weighted by Crippen LogP contribution is -2.13. The Hall–Kier alpha value is -2.00. The molecular weight excluding hydrogens is 240 g/mol. The summed E-state index contributed by atoms with van der Waals surface area (Å²) in [6.45, 7) is 1.09. The number of hydrogen-bond donors (Lipinski definition) is 1. The molecule has 1 unspecified atom stereocenters. The Morgan fingerprint density at radius 1 is 1.16 bits per heavy atom. The van der Waals surface area contributed by atoms with E-state index in [1.807, 2.05) is 48.5 Å². The van der Waals surface area contributed by atoms with Gasteiger partial charge in [-0.25, -0.2) is 0 Å². The average molecular weight is 256 g/mol. The molecule has 1 aliphatic heterocycles. The minimum absolute atomic E-state index is 0.455. The van der Waals surface area contributed by atoms with Gasteiger partial charge in [0.15, 0.2) is 0 Å². The van der Waals surface area contributed by atoms with Crippen molar-refractivity contribution in [3.05, 3.63) is 59.7 Å². The Balaban J connectivity index is 1.74. The maximum atomic E-state index is 9.94. The lowest BCUT2D eigenvalue weighted by molar-refractivity contribution is 0.115. The van der Waals surface area contributed by atoms with Crippen molar-refractivity contribution in [2.24, 2.45) is 0 Å². The van der Waals surface area contributed by atoms with Crippen LogP contribution in [-0.4, -0.2) is 11.7 Å². The van der Waals surface area contributed by atoms with E-state index in [1.165, 1.54) is 0 Å². The lowest BCUT2D eigenvalue weighted by atomic mass is 10.0. The summed E-state index contributed by atoms with van der Waals surface area (Å²) >= 11 is 0. The number of aliphatic hydroxyl groups is 1. The normalized spacial score (nSPS) is 17.4. The molecule has 0 saturated heterocycles. The number of fused-ring (bicyclic) bond motifs is 1. The molecule has 3 rings (SSSR count). The van der Waals surface area contributed by atoms with Gasteiger partial charge in [0.1, 0.15) is 18.1 Å². The second-order valence-corrected chi connectivity index (χ2v) is 4.63. The van der Waals surface area contributed by atoms with Crippen LogP contribution in [0.5, 0.6) is 11.5 Å². The zero-order valence-electron chi connectivity index (χ0n) is 10.6. The molecule has 0 radical (unpaired) electrons. The summed E-state index contributed by atoms with van der Waals surface area (Å²) in [5.74, 6) is 1.51. The van der Waals surface area contributed by atoms with E-state index in [4.69, 9.17) is 9.47 Å². The van der Waals surface area contributed by atoms with Gasteiger partial charge in [-0.05, 0) is 23.8 Å². The van der Waals surface area contributed by atoms with Crippen molar-refractivity contribution in [1.29, 1.82) is 0 Å². The number of ether oxygens (including phenoxy) is 2. The number of hydrogen-bond acceptors (Lipinski definition) is 3. The van der Waals surface area contributed by atoms with Crippen molar-refractivity contribution in [3.8, 4) is 11.5 Å². The van der Waals surface area contributed by atoms with Crippen LogP contribution in [0.25, 0.3) is 0 Å². The van der Waals surface area contributed by atoms with Gasteiger partial charge < -0.3 is 14.6 Å². The monoisotopic (exact) mass is 256 g/mol. The first kappa shape index (κ1) is 12.1. The summed E-state index contributed by atoms with van der Waals surface area (Å²) < 4.78 is 11.2. The van der Waals surface area contributed by atoms with E-state index in [2.05, 4.69) is 0 Å². The fourth-order valence-corrected chi connectivity index (χ4v) is 2.19. The van der Waals surface area contributed by atoms with Crippen LogP contribution in [0.4, 0.5) is 0 Å². The van der Waals surface area contributed by atoms with Crippen LogP contribution in [0.1, 0.15) is 23.7 Å². The molecule has 0 aliphatic carbocycles. The molecule has 0 bridgehead atoms. The molecule has 1 N–H and O–H groups in total. The summed E-state index contributed by atoms with van der Waals surface area (Å²) in [6.07, 6.45) is 0.179. The molecule has 3 heteroatoms. The fourth-order valence-electron chi connectivity index (χ4n) is 2.19. The molecule has 1 aliphatic rings. The SMILES string of the molecule is OC1CCOc2ccc(OCc3ccccc3)cc21. The van der Waals surface area contributed by atoms with Gasteiger partial charge in [-0.1, -0.05) is 30.3 Å². The van der Waals surface area contributed by atoms with Crippen LogP contribution in [-0.2, 0) is 6.61 Å². The van der Waals surface area contributed by atoms with Crippen molar-refractivity contribution in [2.45, 2.75) is 19.1 Å². The summed E-state index contributed by atoms with van der Waals surface area (Å²) in [7, 11) is 0. The molecule has 98 valence electrons. The molecule has 0 saturated carbocycles. The van der Waals surface area contributed by atoms with Gasteiger partial charge in [-0.3, -0.25) is 0 Å². The number of aliphatic hydroxyl groups excluding tert-OH is 1. The minimum Gasteiger partial charge on any atom is -0.493 e. The topological polar surface area (TPSA) is 38.7 Å². The Labute approximate surface area is 112 Å². The Morgan fingerprint density at radius 3 is 2.84 bits per heavy atom. The fraction of sp³-hybridized carbons (Fsp3) is 0.250. The van der Waals surface area contributed by atoms with E-state index in [-0.39, 0.29) is 0 Å². The van der Waals surface area contributed by atoms with Crippen LogP contribution in [0, 0.1) is 0 Å². The molecule has 0 spiro atoms. The summed E-state index contributed by atoms with van der Waals surface area (Å²) in [5, 5.41) is 9.94. The molecule has 1 heterocycles. The molecule has 0 fully saturated rings. The molecule has 0 amide bonds. The molecular formula is C16H16O3. The van der Waals surface area contributed by atoms with Crippen LogP contribution in [0.2, 0.25) is 0 Å². The zero-order chi connectivity index (χ0) is 13.1. The van der Waals surface area contributed by atoms with Crippen LogP contribution in [0.3, 0.4) is 0 Å². The van der Waals surface area contributed by atoms with Crippen LogP contribution >= 0.6 is 0 Å². The first-order valence-electron chi connectivity index (χ1n) is 6.44. The first-order valence-corrected chi connectivity index (χ1v) is 6.44. The smallest absolute Gasteiger partial charge is 0.125 e. The first-order chi connectivity index (χ1) is 9.33. The van der Waals surface area contributed by atoms with E-state index in [0.29, 0.717) is 19.6 Å². The molecule has 2 aromatic carbocycles. The predicted molar refractivity (Wildman–Crippen MR) is 72.3 cm³/mol. The molecule has 2 aromatic rings. The second-order valence-electron chi connectivity index (χ2n) is 4.63. The van der Waals surface area contributed by atoms with Gasteiger partial charge in [0.05, 0.1) is 12.7 Å². The highest BCUT2D eigenvalue weighted by Gasteiger charge is 2.19. The highest BCUT2D eigenvalue weighted by Crippen LogP contribution is 2.34. The average Bonchev–Trinajstić information content (AvgIpc) is 2.47. The molecule has 0 aromatic heterocycles. The Morgan fingerprint density at radius 2 is 2.00 bits per heavy atom. The van der Waals surface area contributed by atoms with Gasteiger partial charge in [-0.15, -0.1) is 0 Å². The molecule has 3 nitrogen and oxygen atoms in total. The highest BCUT2D eigenvalue weighted by molar-refractivity contribution is 5.42. The molecule has 1 atom stereocenters. The quantitative estimate of drug-likeness (QED) is 0.917. The van der Waals surface area contributed by atoms with E-state index < -0.39 is 6.10 Å². The van der Waals surface area contributed by atoms with Crippen molar-refractivity contribution in [2.75, 3.05) is 6.61 Å². The van der Waals surface area contributed by atoms with Gasteiger partial charge in [0.25, 0.3) is 0 Å². The Kier molecular flexibility index (Phi) is 3.38. The van der Waals surface area contributed by atoms with Gasteiger partial charge in [0, 0.05) is 12.0 Å². The lowest BCUT2D eigenvalue weighted by Gasteiger charge is -2.22.